The lowest BCUT2D eigenvalue weighted by Crippen LogP contribution is -2.38. The van der Waals surface area contributed by atoms with Gasteiger partial charge >= 0.3 is 11.8 Å². The van der Waals surface area contributed by atoms with Crippen LogP contribution >= 0.6 is 39.1 Å². The van der Waals surface area contributed by atoms with Crippen molar-refractivity contribution in [3.05, 3.63) is 74.2 Å². The molecule has 0 aliphatic heterocycles. The topological polar surface area (TPSA) is 137 Å². The number of hydrazone groups is 1. The fourth-order valence-electron chi connectivity index (χ4n) is 3.53. The zero-order chi connectivity index (χ0) is 30.6. The molecular weight excluding hydrogens is 655 g/mol. The van der Waals surface area contributed by atoms with E-state index in [-0.39, 0.29) is 23.9 Å². The number of amides is 3. The largest absolute Gasteiger partial charge is 0.493 e. The van der Waals surface area contributed by atoms with Crippen LogP contribution in [0.1, 0.15) is 11.1 Å². The van der Waals surface area contributed by atoms with E-state index in [2.05, 4.69) is 37.1 Å². The summed E-state index contributed by atoms with van der Waals surface area (Å²) in [6, 6.07) is 13.5. The highest BCUT2D eigenvalue weighted by Gasteiger charge is 2.16. The van der Waals surface area contributed by atoms with Gasteiger partial charge in [0, 0.05) is 6.54 Å². The number of ether oxygens (including phenoxy) is 4. The lowest BCUT2D eigenvalue weighted by molar-refractivity contribution is -0.139. The number of nitrogens with one attached hydrogen (secondary N) is 3. The molecule has 0 saturated heterocycles. The van der Waals surface area contributed by atoms with Crippen molar-refractivity contribution < 1.29 is 33.3 Å². The standard InChI is InChI=1S/C28H27BrCl2N4O7/c1-39-21-8-7-16(12-22(21)40-2)9-10-32-27(37)28(38)35-33-14-17-11-18(29)26(23(13-17)41-3)42-15-24(36)34-20-6-4-5-19(30)25(20)31/h4-8,11-14H,9-10,15H2,1-3H3,(H,32,37)(H,34,36)(H,35,38)/b33-14-. The fourth-order valence-corrected chi connectivity index (χ4v) is 4.45. The molecule has 3 N–H and O–H groups in total. The van der Waals surface area contributed by atoms with Gasteiger partial charge in [-0.15, -0.1) is 0 Å². The summed E-state index contributed by atoms with van der Waals surface area (Å²) < 4.78 is 21.9. The quantitative estimate of drug-likeness (QED) is 0.144. The van der Waals surface area contributed by atoms with Crippen molar-refractivity contribution in [1.82, 2.24) is 10.7 Å². The van der Waals surface area contributed by atoms with E-state index in [1.165, 1.54) is 20.4 Å². The van der Waals surface area contributed by atoms with E-state index >= 15 is 0 Å². The number of rotatable bonds is 12. The maximum absolute atomic E-state index is 12.4. The SMILES string of the molecule is COc1ccc(CCNC(=O)C(=O)N/N=C\c2cc(Br)c(OCC(=O)Nc3cccc(Cl)c3Cl)c(OC)c2)cc1OC. The average Bonchev–Trinajstić information content (AvgIpc) is 2.98. The molecule has 3 amide bonds. The van der Waals surface area contributed by atoms with Crippen molar-refractivity contribution in [1.29, 1.82) is 0 Å². The van der Waals surface area contributed by atoms with E-state index < -0.39 is 17.7 Å². The summed E-state index contributed by atoms with van der Waals surface area (Å²) in [7, 11) is 4.51. The molecule has 0 radical (unpaired) electrons. The Bertz CT molecular complexity index is 1490. The molecule has 0 bridgehead atoms. The normalized spacial score (nSPS) is 10.6. The van der Waals surface area contributed by atoms with Gasteiger partial charge in [-0.1, -0.05) is 35.3 Å². The van der Waals surface area contributed by atoms with Gasteiger partial charge in [0.05, 0.1) is 47.7 Å². The first-order valence-corrected chi connectivity index (χ1v) is 13.8. The Hall–Kier alpha value is -4.00. The molecule has 0 fully saturated rings. The van der Waals surface area contributed by atoms with Crippen LogP contribution in [0, 0.1) is 0 Å². The molecule has 3 rings (SSSR count). The number of halogens is 3. The van der Waals surface area contributed by atoms with Crippen molar-refractivity contribution >= 4 is 68.8 Å². The monoisotopic (exact) mass is 680 g/mol. The summed E-state index contributed by atoms with van der Waals surface area (Å²) in [5.41, 5.74) is 3.93. The minimum Gasteiger partial charge on any atom is -0.493 e. The van der Waals surface area contributed by atoms with Crippen LogP contribution in [-0.2, 0) is 20.8 Å². The molecule has 0 aliphatic rings. The van der Waals surface area contributed by atoms with Gasteiger partial charge in [0.15, 0.2) is 29.6 Å². The van der Waals surface area contributed by atoms with Crippen LogP contribution in [0.2, 0.25) is 10.0 Å². The van der Waals surface area contributed by atoms with E-state index in [9.17, 15) is 14.4 Å². The Kier molecular flexibility index (Phi) is 12.3. The minimum atomic E-state index is -0.935. The first-order valence-electron chi connectivity index (χ1n) is 12.2. The van der Waals surface area contributed by atoms with E-state index in [1.807, 2.05) is 6.07 Å². The van der Waals surface area contributed by atoms with Crippen molar-refractivity contribution in [2.45, 2.75) is 6.42 Å². The highest BCUT2D eigenvalue weighted by molar-refractivity contribution is 9.10. The van der Waals surface area contributed by atoms with Crippen molar-refractivity contribution in [3.63, 3.8) is 0 Å². The van der Waals surface area contributed by atoms with Gasteiger partial charge in [0.1, 0.15) is 0 Å². The molecule has 0 spiro atoms. The van der Waals surface area contributed by atoms with E-state index in [0.29, 0.717) is 44.4 Å². The van der Waals surface area contributed by atoms with Crippen LogP contribution in [0.15, 0.2) is 58.1 Å². The van der Waals surface area contributed by atoms with Gasteiger partial charge in [0.2, 0.25) is 0 Å². The molecular formula is C28H27BrCl2N4O7. The van der Waals surface area contributed by atoms with Crippen LogP contribution in [0.25, 0.3) is 0 Å². The Balaban J connectivity index is 1.51. The lowest BCUT2D eigenvalue weighted by atomic mass is 10.1. The third-order valence-corrected chi connectivity index (χ3v) is 6.97. The smallest absolute Gasteiger partial charge is 0.329 e. The van der Waals surface area contributed by atoms with Crippen LogP contribution in [0.5, 0.6) is 23.0 Å². The van der Waals surface area contributed by atoms with Crippen LogP contribution in [-0.4, -0.2) is 58.4 Å². The Morgan fingerprint density at radius 2 is 1.67 bits per heavy atom. The molecule has 0 heterocycles. The molecule has 0 aromatic heterocycles. The molecule has 3 aromatic rings. The van der Waals surface area contributed by atoms with Gasteiger partial charge in [0.25, 0.3) is 5.91 Å². The zero-order valence-corrected chi connectivity index (χ0v) is 25.9. The van der Waals surface area contributed by atoms with Crippen molar-refractivity contribution in [3.8, 4) is 23.0 Å². The van der Waals surface area contributed by atoms with Gasteiger partial charge in [-0.25, -0.2) is 5.43 Å². The number of hydrogen-bond acceptors (Lipinski definition) is 8. The summed E-state index contributed by atoms with van der Waals surface area (Å²) >= 11 is 15.5. The van der Waals surface area contributed by atoms with Crippen LogP contribution < -0.4 is 35.0 Å². The molecule has 222 valence electrons. The first kappa shape index (κ1) is 32.5. The molecule has 3 aromatic carbocycles. The number of hydrogen-bond donors (Lipinski definition) is 3. The third kappa shape index (κ3) is 9.00. The maximum atomic E-state index is 12.4. The summed E-state index contributed by atoms with van der Waals surface area (Å²) in [6.45, 7) is -0.121. The minimum absolute atomic E-state index is 0.217. The van der Waals surface area contributed by atoms with Crippen LogP contribution in [0.3, 0.4) is 0 Å². The third-order valence-electron chi connectivity index (χ3n) is 5.56. The first-order chi connectivity index (χ1) is 20.2. The summed E-state index contributed by atoms with van der Waals surface area (Å²) in [5, 5.41) is 9.52. The number of anilines is 1. The molecule has 0 atom stereocenters. The Morgan fingerprint density at radius 1 is 0.929 bits per heavy atom. The van der Waals surface area contributed by atoms with Crippen molar-refractivity contribution in [2.24, 2.45) is 5.10 Å². The molecule has 14 heteroatoms. The number of carbonyl (C=O) groups excluding carboxylic acids is 3. The summed E-state index contributed by atoms with van der Waals surface area (Å²) in [5.74, 6) is -0.525. The maximum Gasteiger partial charge on any atom is 0.329 e. The second kappa shape index (κ2) is 15.9. The van der Waals surface area contributed by atoms with E-state index in [4.69, 9.17) is 42.1 Å². The van der Waals surface area contributed by atoms with Crippen LogP contribution in [0.4, 0.5) is 5.69 Å². The second-order valence-electron chi connectivity index (χ2n) is 8.37. The lowest BCUT2D eigenvalue weighted by Gasteiger charge is -2.14. The zero-order valence-electron chi connectivity index (χ0n) is 22.8. The fraction of sp³-hybridized carbons (Fsp3) is 0.214. The van der Waals surface area contributed by atoms with Gasteiger partial charge < -0.3 is 29.6 Å². The molecule has 0 aliphatic carbocycles. The molecule has 11 nitrogen and oxygen atoms in total. The number of carbonyl (C=O) groups is 3. The molecule has 42 heavy (non-hydrogen) atoms. The second-order valence-corrected chi connectivity index (χ2v) is 10.0. The van der Waals surface area contributed by atoms with E-state index in [1.54, 1.807) is 49.6 Å². The highest BCUT2D eigenvalue weighted by Crippen LogP contribution is 2.36. The average molecular weight is 682 g/mol. The number of methoxy groups -OCH3 is 3. The number of benzene rings is 3. The summed E-state index contributed by atoms with van der Waals surface area (Å²) in [4.78, 5) is 36.7. The Morgan fingerprint density at radius 3 is 2.38 bits per heavy atom. The van der Waals surface area contributed by atoms with Crippen molar-refractivity contribution in [2.75, 3.05) is 39.8 Å². The predicted octanol–water partition coefficient (Wildman–Crippen LogP) is 4.61. The Labute approximate surface area is 260 Å². The summed E-state index contributed by atoms with van der Waals surface area (Å²) in [6.07, 6.45) is 1.79. The van der Waals surface area contributed by atoms with Gasteiger partial charge in [-0.05, 0) is 69.9 Å². The van der Waals surface area contributed by atoms with Gasteiger partial charge in [-0.2, -0.15) is 5.10 Å². The molecule has 0 saturated carbocycles. The van der Waals surface area contributed by atoms with E-state index in [0.717, 1.165) is 5.56 Å². The molecule has 0 unspecified atom stereocenters. The number of nitrogens with zero attached hydrogens (tertiary/aromatic N) is 1. The van der Waals surface area contributed by atoms with Gasteiger partial charge in [-0.3, -0.25) is 14.4 Å². The predicted molar refractivity (Wildman–Crippen MR) is 163 cm³/mol. The highest BCUT2D eigenvalue weighted by atomic mass is 79.9.